The summed E-state index contributed by atoms with van der Waals surface area (Å²) in [5.41, 5.74) is 8.84. The zero-order valence-electron chi connectivity index (χ0n) is 12.1. The van der Waals surface area contributed by atoms with Crippen LogP contribution in [0.25, 0.3) is 0 Å². The number of nitrogens with two attached hydrogens (primary N) is 1. The highest BCUT2D eigenvalue weighted by molar-refractivity contribution is 7.85. The molecule has 2 aromatic carbocycles. The molecule has 0 spiro atoms. The number of rotatable bonds is 4. The maximum Gasteiger partial charge on any atom is 0.237 e. The summed E-state index contributed by atoms with van der Waals surface area (Å²) in [6.07, 6.45) is 0. The van der Waals surface area contributed by atoms with Gasteiger partial charge in [0, 0.05) is 4.90 Å². The van der Waals surface area contributed by atoms with Crippen molar-refractivity contribution in [1.29, 1.82) is 0 Å². The van der Waals surface area contributed by atoms with Crippen molar-refractivity contribution in [2.24, 2.45) is 0 Å². The van der Waals surface area contributed by atoms with Gasteiger partial charge in [0.05, 0.1) is 22.2 Å². The molecule has 0 bridgehead atoms. The Morgan fingerprint density at radius 2 is 1.90 bits per heavy atom. The molecule has 0 aliphatic carbocycles. The molecule has 0 fully saturated rings. The van der Waals surface area contributed by atoms with Crippen molar-refractivity contribution in [3.05, 3.63) is 53.6 Å². The lowest BCUT2D eigenvalue weighted by molar-refractivity contribution is -0.113. The molecule has 2 aromatic rings. The van der Waals surface area contributed by atoms with Gasteiger partial charge in [-0.3, -0.25) is 9.00 Å². The first-order valence-corrected chi connectivity index (χ1v) is 7.89. The molecule has 4 nitrogen and oxygen atoms in total. The number of nitrogens with one attached hydrogen (secondary N) is 1. The zero-order chi connectivity index (χ0) is 15.4. The summed E-state index contributed by atoms with van der Waals surface area (Å²) in [6, 6.07) is 12.7. The monoisotopic (exact) mass is 302 g/mol. The minimum atomic E-state index is -1.36. The molecule has 3 N–H and O–H groups in total. The number of anilines is 2. The van der Waals surface area contributed by atoms with Gasteiger partial charge in [-0.25, -0.2) is 0 Å². The Bertz CT molecular complexity index is 698. The number of carbonyl (C=O) groups excluding carboxylic acids is 1. The standard InChI is InChI=1S/C16H18N2O2S/c1-11-7-8-14(13(17)9-11)18-16(19)10-21(20)15-6-4-3-5-12(15)2/h3-9H,10,17H2,1-2H3,(H,18,19). The molecule has 5 heteroatoms. The van der Waals surface area contributed by atoms with Crippen LogP contribution in [0.4, 0.5) is 11.4 Å². The summed E-state index contributed by atoms with van der Waals surface area (Å²) in [4.78, 5) is 12.7. The van der Waals surface area contributed by atoms with Crippen molar-refractivity contribution in [2.75, 3.05) is 16.8 Å². The summed E-state index contributed by atoms with van der Waals surface area (Å²) in [5, 5.41) is 2.70. The molecule has 1 unspecified atom stereocenters. The maximum absolute atomic E-state index is 12.2. The number of amides is 1. The zero-order valence-corrected chi connectivity index (χ0v) is 12.9. The smallest absolute Gasteiger partial charge is 0.237 e. The fraction of sp³-hybridized carbons (Fsp3) is 0.188. The summed E-state index contributed by atoms with van der Waals surface area (Å²) in [7, 11) is -1.36. The van der Waals surface area contributed by atoms with E-state index in [9.17, 15) is 9.00 Å². The quantitative estimate of drug-likeness (QED) is 0.853. The molecule has 2 rings (SSSR count). The van der Waals surface area contributed by atoms with Gasteiger partial charge >= 0.3 is 0 Å². The Hall–Kier alpha value is -2.14. The summed E-state index contributed by atoms with van der Waals surface area (Å²) >= 11 is 0. The van der Waals surface area contributed by atoms with Crippen molar-refractivity contribution in [1.82, 2.24) is 0 Å². The molecular formula is C16H18N2O2S. The van der Waals surface area contributed by atoms with Crippen LogP contribution >= 0.6 is 0 Å². The van der Waals surface area contributed by atoms with Crippen molar-refractivity contribution in [3.63, 3.8) is 0 Å². The van der Waals surface area contributed by atoms with Crippen LogP contribution in [0.2, 0.25) is 0 Å². The van der Waals surface area contributed by atoms with Gasteiger partial charge in [0.15, 0.2) is 0 Å². The second-order valence-electron chi connectivity index (χ2n) is 4.89. The van der Waals surface area contributed by atoms with E-state index in [1.165, 1.54) is 0 Å². The molecule has 0 aliphatic rings. The fourth-order valence-electron chi connectivity index (χ4n) is 1.99. The highest BCUT2D eigenvalue weighted by Gasteiger charge is 2.13. The minimum absolute atomic E-state index is 0.0851. The van der Waals surface area contributed by atoms with Crippen LogP contribution in [0.3, 0.4) is 0 Å². The van der Waals surface area contributed by atoms with Gasteiger partial charge < -0.3 is 11.1 Å². The van der Waals surface area contributed by atoms with E-state index in [1.807, 2.05) is 38.1 Å². The van der Waals surface area contributed by atoms with Crippen LogP contribution in [-0.4, -0.2) is 15.9 Å². The van der Waals surface area contributed by atoms with E-state index in [0.29, 0.717) is 16.3 Å². The summed E-state index contributed by atoms with van der Waals surface area (Å²) in [5.74, 6) is -0.398. The van der Waals surface area contributed by atoms with Crippen molar-refractivity contribution in [2.45, 2.75) is 18.7 Å². The molecule has 1 atom stereocenters. The average molecular weight is 302 g/mol. The van der Waals surface area contributed by atoms with Crippen molar-refractivity contribution >= 4 is 28.1 Å². The van der Waals surface area contributed by atoms with Crippen LogP contribution in [0.15, 0.2) is 47.4 Å². The highest BCUT2D eigenvalue weighted by atomic mass is 32.2. The lowest BCUT2D eigenvalue weighted by Crippen LogP contribution is -2.20. The Balaban J connectivity index is 2.05. The lowest BCUT2D eigenvalue weighted by Gasteiger charge is -2.09. The Labute approximate surface area is 126 Å². The first kappa shape index (κ1) is 15.3. The van der Waals surface area contributed by atoms with Gasteiger partial charge in [-0.1, -0.05) is 24.3 Å². The van der Waals surface area contributed by atoms with Gasteiger partial charge in [-0.05, 0) is 43.2 Å². The Morgan fingerprint density at radius 1 is 1.19 bits per heavy atom. The normalized spacial score (nSPS) is 11.9. The molecule has 0 aromatic heterocycles. The third-order valence-corrected chi connectivity index (χ3v) is 4.56. The van der Waals surface area contributed by atoms with Gasteiger partial charge in [0.25, 0.3) is 0 Å². The minimum Gasteiger partial charge on any atom is -0.397 e. The van der Waals surface area contributed by atoms with Gasteiger partial charge in [-0.2, -0.15) is 0 Å². The van der Waals surface area contributed by atoms with Crippen LogP contribution in [0, 0.1) is 13.8 Å². The number of nitrogen functional groups attached to an aromatic ring is 1. The van der Waals surface area contributed by atoms with Crippen molar-refractivity contribution in [3.8, 4) is 0 Å². The molecule has 110 valence electrons. The molecule has 0 aliphatic heterocycles. The third-order valence-electron chi connectivity index (χ3n) is 3.08. The van der Waals surface area contributed by atoms with Crippen molar-refractivity contribution < 1.29 is 9.00 Å². The largest absolute Gasteiger partial charge is 0.397 e. The first-order chi connectivity index (χ1) is 9.97. The average Bonchev–Trinajstić information content (AvgIpc) is 2.42. The maximum atomic E-state index is 12.2. The van der Waals surface area contributed by atoms with E-state index in [1.54, 1.807) is 18.2 Å². The first-order valence-electron chi connectivity index (χ1n) is 6.57. The number of carbonyl (C=O) groups is 1. The Kier molecular flexibility index (Phi) is 4.75. The van der Waals surface area contributed by atoms with Crippen LogP contribution in [0.5, 0.6) is 0 Å². The summed E-state index contributed by atoms with van der Waals surface area (Å²) in [6.45, 7) is 3.80. The molecule has 0 radical (unpaired) electrons. The SMILES string of the molecule is Cc1ccc(NC(=O)CS(=O)c2ccccc2C)c(N)c1. The van der Waals surface area contributed by atoms with Crippen LogP contribution in [0.1, 0.15) is 11.1 Å². The second-order valence-corrected chi connectivity index (χ2v) is 6.31. The van der Waals surface area contributed by atoms with Gasteiger partial charge in [0.2, 0.25) is 5.91 Å². The second kappa shape index (κ2) is 6.54. The molecule has 21 heavy (non-hydrogen) atoms. The van der Waals surface area contributed by atoms with E-state index in [0.717, 1.165) is 11.1 Å². The van der Waals surface area contributed by atoms with E-state index < -0.39 is 10.8 Å². The molecule has 1 amide bonds. The van der Waals surface area contributed by atoms with E-state index in [-0.39, 0.29) is 11.7 Å². The van der Waals surface area contributed by atoms with Crippen LogP contribution in [-0.2, 0) is 15.6 Å². The van der Waals surface area contributed by atoms with Gasteiger partial charge in [-0.15, -0.1) is 0 Å². The van der Waals surface area contributed by atoms with E-state index in [2.05, 4.69) is 5.32 Å². The number of benzene rings is 2. The number of hydrogen-bond acceptors (Lipinski definition) is 3. The molecule has 0 saturated heterocycles. The topological polar surface area (TPSA) is 72.2 Å². The molecule has 0 heterocycles. The van der Waals surface area contributed by atoms with E-state index in [4.69, 9.17) is 5.73 Å². The van der Waals surface area contributed by atoms with Crippen LogP contribution < -0.4 is 11.1 Å². The number of aryl methyl sites for hydroxylation is 2. The lowest BCUT2D eigenvalue weighted by atomic mass is 10.2. The predicted molar refractivity (Wildman–Crippen MR) is 86.7 cm³/mol. The molecule has 0 saturated carbocycles. The third kappa shape index (κ3) is 3.92. The Morgan fingerprint density at radius 3 is 2.57 bits per heavy atom. The van der Waals surface area contributed by atoms with E-state index >= 15 is 0 Å². The number of hydrogen-bond donors (Lipinski definition) is 2. The van der Waals surface area contributed by atoms with Gasteiger partial charge in [0.1, 0.15) is 5.75 Å². The molecular weight excluding hydrogens is 284 g/mol. The predicted octanol–water partition coefficient (Wildman–Crippen LogP) is 2.63. The fourth-order valence-corrected chi connectivity index (χ4v) is 3.11. The highest BCUT2D eigenvalue weighted by Crippen LogP contribution is 2.19. The summed E-state index contributed by atoms with van der Waals surface area (Å²) < 4.78 is 12.2.